The summed E-state index contributed by atoms with van der Waals surface area (Å²) in [6.45, 7) is 3.48. The normalized spacial score (nSPS) is 17.6. The first kappa shape index (κ1) is 23.5. The van der Waals surface area contributed by atoms with E-state index < -0.39 is 36.3 Å². The van der Waals surface area contributed by atoms with Crippen LogP contribution in [-0.4, -0.2) is 41.5 Å². The third-order valence-corrected chi connectivity index (χ3v) is 5.77. The van der Waals surface area contributed by atoms with Crippen LogP contribution in [0, 0.1) is 5.92 Å². The van der Waals surface area contributed by atoms with Gasteiger partial charge in [0, 0.05) is 4.88 Å². The van der Waals surface area contributed by atoms with Crippen molar-refractivity contribution in [3.8, 4) is 0 Å². The maximum Gasteiger partial charge on any atom is 0.426 e. The Morgan fingerprint density at radius 2 is 1.79 bits per heavy atom. The molecule has 29 heavy (non-hydrogen) atoms. The standard InChI is InChI=1S/C17H19F6NO4S/c1-3-28-14(26)12-9-5-4-8(2)6-10(9)29-13(12)24-11(25)7-15(27,16(18,19)20)17(21,22)23/h8,27H,3-7H2,1-2H3,(H,24,25)/t8-/m0/s1. The summed E-state index contributed by atoms with van der Waals surface area (Å²) in [5.74, 6) is -2.28. The Kier molecular flexibility index (Phi) is 6.58. The second-order valence-corrected chi connectivity index (χ2v) is 7.96. The van der Waals surface area contributed by atoms with E-state index in [-0.39, 0.29) is 23.1 Å². The van der Waals surface area contributed by atoms with Crippen LogP contribution in [0.2, 0.25) is 0 Å². The van der Waals surface area contributed by atoms with E-state index >= 15 is 0 Å². The number of fused-ring (bicyclic) bond motifs is 1. The van der Waals surface area contributed by atoms with Crippen LogP contribution in [0.25, 0.3) is 0 Å². The number of hydrogen-bond donors (Lipinski definition) is 2. The molecule has 1 aromatic heterocycles. The highest BCUT2D eigenvalue weighted by Gasteiger charge is 2.71. The summed E-state index contributed by atoms with van der Waals surface area (Å²) in [7, 11) is 0. The molecule has 164 valence electrons. The van der Waals surface area contributed by atoms with E-state index in [1.165, 1.54) is 6.92 Å². The Morgan fingerprint density at radius 3 is 2.31 bits per heavy atom. The summed E-state index contributed by atoms with van der Waals surface area (Å²) in [6, 6.07) is 0. The summed E-state index contributed by atoms with van der Waals surface area (Å²) in [5.41, 5.74) is -4.70. The molecule has 1 aliphatic rings. The average Bonchev–Trinajstić information content (AvgIpc) is 2.89. The van der Waals surface area contributed by atoms with Crippen molar-refractivity contribution < 1.29 is 45.8 Å². The lowest BCUT2D eigenvalue weighted by atomic mass is 9.88. The lowest BCUT2D eigenvalue weighted by molar-refractivity contribution is -0.366. The van der Waals surface area contributed by atoms with Gasteiger partial charge in [-0.15, -0.1) is 11.3 Å². The molecule has 1 atom stereocenters. The molecule has 1 amide bonds. The largest absolute Gasteiger partial charge is 0.462 e. The number of carbonyl (C=O) groups is 2. The van der Waals surface area contributed by atoms with Gasteiger partial charge in [-0.1, -0.05) is 6.92 Å². The molecule has 0 aromatic carbocycles. The molecule has 2 N–H and O–H groups in total. The van der Waals surface area contributed by atoms with Crippen LogP contribution in [0.3, 0.4) is 0 Å². The third kappa shape index (κ3) is 4.68. The SMILES string of the molecule is CCOC(=O)c1c(NC(=O)CC(O)(C(F)(F)F)C(F)(F)F)sc2c1CC[C@H](C)C2. The maximum absolute atomic E-state index is 12.8. The molecule has 0 spiro atoms. The number of alkyl halides is 6. The van der Waals surface area contributed by atoms with Gasteiger partial charge in [0.2, 0.25) is 5.91 Å². The number of nitrogens with one attached hydrogen (secondary N) is 1. The van der Waals surface area contributed by atoms with Crippen molar-refractivity contribution in [3.63, 3.8) is 0 Å². The van der Waals surface area contributed by atoms with Crippen LogP contribution >= 0.6 is 11.3 Å². The fourth-order valence-electron chi connectivity index (χ4n) is 3.02. The van der Waals surface area contributed by atoms with Crippen molar-refractivity contribution in [1.82, 2.24) is 0 Å². The first-order valence-electron chi connectivity index (χ1n) is 8.68. The molecule has 5 nitrogen and oxygen atoms in total. The van der Waals surface area contributed by atoms with Crippen LogP contribution in [0.1, 0.15) is 47.5 Å². The highest BCUT2D eigenvalue weighted by molar-refractivity contribution is 7.17. The second kappa shape index (κ2) is 8.13. The Morgan fingerprint density at radius 1 is 1.21 bits per heavy atom. The minimum Gasteiger partial charge on any atom is -0.462 e. The first-order valence-corrected chi connectivity index (χ1v) is 9.50. The molecule has 1 aromatic rings. The lowest BCUT2D eigenvalue weighted by Gasteiger charge is -2.31. The Hall–Kier alpha value is -1.82. The Balaban J connectivity index is 2.36. The Bertz CT molecular complexity index is 772. The molecule has 12 heteroatoms. The first-order chi connectivity index (χ1) is 13.2. The van der Waals surface area contributed by atoms with E-state index in [0.29, 0.717) is 23.3 Å². The molecule has 1 aliphatic carbocycles. The van der Waals surface area contributed by atoms with Crippen molar-refractivity contribution in [2.75, 3.05) is 11.9 Å². The molecule has 1 heterocycles. The van der Waals surface area contributed by atoms with E-state index in [4.69, 9.17) is 4.74 Å². The van der Waals surface area contributed by atoms with Gasteiger partial charge in [-0.3, -0.25) is 4.79 Å². The molecule has 0 saturated carbocycles. The quantitative estimate of drug-likeness (QED) is 0.523. The highest BCUT2D eigenvalue weighted by atomic mass is 32.1. The predicted octanol–water partition coefficient (Wildman–Crippen LogP) is 4.23. The van der Waals surface area contributed by atoms with Crippen molar-refractivity contribution in [2.45, 2.75) is 57.5 Å². The molecule has 0 radical (unpaired) electrons. The molecule has 0 aliphatic heterocycles. The van der Waals surface area contributed by atoms with Gasteiger partial charge in [-0.2, -0.15) is 26.3 Å². The van der Waals surface area contributed by atoms with Gasteiger partial charge < -0.3 is 15.2 Å². The van der Waals surface area contributed by atoms with Gasteiger partial charge in [0.1, 0.15) is 5.00 Å². The van der Waals surface area contributed by atoms with E-state index in [0.717, 1.165) is 17.8 Å². The average molecular weight is 447 g/mol. The fraction of sp³-hybridized carbons (Fsp3) is 0.647. The number of aliphatic hydroxyl groups is 1. The molecule has 2 rings (SSSR count). The topological polar surface area (TPSA) is 75.6 Å². The third-order valence-electron chi connectivity index (χ3n) is 4.60. The summed E-state index contributed by atoms with van der Waals surface area (Å²) >= 11 is 0.912. The molecule has 0 saturated heterocycles. The summed E-state index contributed by atoms with van der Waals surface area (Å²) in [4.78, 5) is 25.0. The van der Waals surface area contributed by atoms with E-state index in [1.54, 1.807) is 0 Å². The minimum atomic E-state index is -6.11. The number of carbonyl (C=O) groups excluding carboxylic acids is 2. The zero-order chi connectivity index (χ0) is 22.2. The monoisotopic (exact) mass is 447 g/mol. The molecule has 0 bridgehead atoms. The highest BCUT2D eigenvalue weighted by Crippen LogP contribution is 2.46. The second-order valence-electron chi connectivity index (χ2n) is 6.86. The van der Waals surface area contributed by atoms with Crippen LogP contribution in [0.15, 0.2) is 0 Å². The van der Waals surface area contributed by atoms with E-state index in [1.807, 2.05) is 12.2 Å². The summed E-state index contributed by atoms with van der Waals surface area (Å²) in [5, 5.41) is 11.0. The van der Waals surface area contributed by atoms with Crippen LogP contribution in [0.5, 0.6) is 0 Å². The summed E-state index contributed by atoms with van der Waals surface area (Å²) in [6.07, 6.45) is -12.8. The van der Waals surface area contributed by atoms with Crippen molar-refractivity contribution in [3.05, 3.63) is 16.0 Å². The smallest absolute Gasteiger partial charge is 0.426 e. The number of thiophene rings is 1. The lowest BCUT2D eigenvalue weighted by Crippen LogP contribution is -2.58. The summed E-state index contributed by atoms with van der Waals surface area (Å²) < 4.78 is 81.8. The van der Waals surface area contributed by atoms with Crippen molar-refractivity contribution in [1.29, 1.82) is 0 Å². The number of esters is 1. The van der Waals surface area contributed by atoms with Crippen LogP contribution in [0.4, 0.5) is 31.3 Å². The molecular formula is C17H19F6NO4S. The molecular weight excluding hydrogens is 428 g/mol. The van der Waals surface area contributed by atoms with Crippen molar-refractivity contribution >= 4 is 28.2 Å². The number of rotatable bonds is 5. The van der Waals surface area contributed by atoms with Gasteiger partial charge >= 0.3 is 18.3 Å². The fourth-order valence-corrected chi connectivity index (χ4v) is 4.44. The number of hydrogen-bond acceptors (Lipinski definition) is 5. The van der Waals surface area contributed by atoms with Gasteiger partial charge in [-0.25, -0.2) is 4.79 Å². The van der Waals surface area contributed by atoms with Crippen molar-refractivity contribution in [2.24, 2.45) is 5.92 Å². The number of anilines is 1. The maximum atomic E-state index is 12.8. The van der Waals surface area contributed by atoms with Crippen LogP contribution < -0.4 is 5.32 Å². The zero-order valence-electron chi connectivity index (χ0n) is 15.5. The molecule has 0 unspecified atom stereocenters. The van der Waals surface area contributed by atoms with E-state index in [2.05, 4.69) is 0 Å². The van der Waals surface area contributed by atoms with Gasteiger partial charge in [-0.05, 0) is 37.7 Å². The van der Waals surface area contributed by atoms with E-state index in [9.17, 15) is 41.0 Å². The number of ether oxygens (including phenoxy) is 1. The van der Waals surface area contributed by atoms with Gasteiger partial charge in [0.15, 0.2) is 0 Å². The zero-order valence-corrected chi connectivity index (χ0v) is 16.3. The predicted molar refractivity (Wildman–Crippen MR) is 91.8 cm³/mol. The number of halogens is 6. The van der Waals surface area contributed by atoms with Gasteiger partial charge in [0.05, 0.1) is 18.6 Å². The van der Waals surface area contributed by atoms with Crippen LogP contribution in [-0.2, 0) is 22.4 Å². The minimum absolute atomic E-state index is 0.00482. The Labute approximate surface area is 166 Å². The molecule has 0 fully saturated rings. The van der Waals surface area contributed by atoms with Gasteiger partial charge in [0.25, 0.3) is 5.60 Å². The number of amides is 1.